The third-order valence-corrected chi connectivity index (χ3v) is 11.5. The molecule has 0 amide bonds. The normalized spacial score (nSPS) is 12.9. The van der Waals surface area contributed by atoms with E-state index in [0.717, 1.165) is 82.7 Å². The molecule has 0 fully saturated rings. The lowest BCUT2D eigenvalue weighted by molar-refractivity contribution is -0.144. The largest absolute Gasteiger partial charge is 0.368 e. The summed E-state index contributed by atoms with van der Waals surface area (Å²) < 4.78 is 11.9. The standard InChI is InChI=1S/C47H97N3O4S/c1-5-8-11-14-17-26-33-43-53-45(51)37-29-22-18-24-31-40-50(42-34-39-49-47(55)48-4)41-32-25-19-23-30-38-46(52)54-44(35-27-20-15-12-9-6-2)36-28-21-16-13-10-7-3/h44-46,51-52H,5-43H2,1-4H3,(H2,48,49,55). The number of nitrogens with one attached hydrogen (secondary N) is 2. The quantitative estimate of drug-likeness (QED) is 0.0275. The fourth-order valence-corrected chi connectivity index (χ4v) is 7.64. The van der Waals surface area contributed by atoms with Crippen molar-refractivity contribution < 1.29 is 19.7 Å². The molecule has 0 spiro atoms. The minimum Gasteiger partial charge on any atom is -0.368 e. The van der Waals surface area contributed by atoms with E-state index in [1.54, 1.807) is 0 Å². The molecule has 0 aromatic heterocycles. The first kappa shape index (κ1) is 54.5. The summed E-state index contributed by atoms with van der Waals surface area (Å²) in [6.45, 7) is 11.8. The van der Waals surface area contributed by atoms with Gasteiger partial charge in [0.25, 0.3) is 0 Å². The SMILES string of the molecule is CCCCCCCCCOC(O)CCCCCCCN(CCCCCCCC(O)OC(CCCCCCCC)CCCCCCCC)CCCNC(=S)NC. The zero-order valence-electron chi connectivity index (χ0n) is 37.4. The van der Waals surface area contributed by atoms with Crippen LogP contribution >= 0.6 is 12.2 Å². The van der Waals surface area contributed by atoms with E-state index in [4.69, 9.17) is 21.7 Å². The Morgan fingerprint density at radius 1 is 0.491 bits per heavy atom. The van der Waals surface area contributed by atoms with Gasteiger partial charge in [-0.05, 0) is 96.1 Å². The van der Waals surface area contributed by atoms with Crippen molar-refractivity contribution in [1.82, 2.24) is 15.5 Å². The summed E-state index contributed by atoms with van der Waals surface area (Å²) in [4.78, 5) is 2.65. The molecular formula is C47H97N3O4S. The molecule has 0 aliphatic rings. The molecule has 0 saturated heterocycles. The molecule has 0 bridgehead atoms. The van der Waals surface area contributed by atoms with E-state index in [1.165, 1.54) is 167 Å². The Balaban J connectivity index is 4.28. The molecule has 0 saturated carbocycles. The van der Waals surface area contributed by atoms with E-state index >= 15 is 0 Å². The molecule has 2 atom stereocenters. The Hall–Kier alpha value is -0.510. The van der Waals surface area contributed by atoms with E-state index in [9.17, 15) is 10.2 Å². The van der Waals surface area contributed by atoms with E-state index in [-0.39, 0.29) is 6.10 Å². The van der Waals surface area contributed by atoms with Crippen LogP contribution in [0.15, 0.2) is 0 Å². The zero-order valence-corrected chi connectivity index (χ0v) is 38.2. The number of rotatable bonds is 45. The molecule has 0 rings (SSSR count). The number of aliphatic hydroxyl groups excluding tert-OH is 2. The number of aliphatic hydroxyl groups is 2. The van der Waals surface area contributed by atoms with E-state index in [0.29, 0.717) is 6.61 Å². The van der Waals surface area contributed by atoms with Gasteiger partial charge < -0.3 is 35.2 Å². The highest BCUT2D eigenvalue weighted by Crippen LogP contribution is 2.20. The predicted molar refractivity (Wildman–Crippen MR) is 243 cm³/mol. The maximum Gasteiger partial charge on any atom is 0.166 e. The van der Waals surface area contributed by atoms with Crippen molar-refractivity contribution in [1.29, 1.82) is 0 Å². The number of nitrogens with zero attached hydrogens (tertiary/aromatic N) is 1. The summed E-state index contributed by atoms with van der Waals surface area (Å²) in [7, 11) is 1.87. The van der Waals surface area contributed by atoms with Gasteiger partial charge in [-0.3, -0.25) is 0 Å². The fraction of sp³-hybridized carbons (Fsp3) is 0.979. The van der Waals surface area contributed by atoms with Gasteiger partial charge in [0.15, 0.2) is 17.7 Å². The first-order chi connectivity index (χ1) is 27.0. The van der Waals surface area contributed by atoms with E-state index in [1.807, 2.05) is 7.05 Å². The minimum atomic E-state index is -0.608. The average molecular weight is 800 g/mol. The van der Waals surface area contributed by atoms with Gasteiger partial charge in [-0.25, -0.2) is 0 Å². The Bertz CT molecular complexity index is 748. The summed E-state index contributed by atoms with van der Waals surface area (Å²) in [6.07, 6.45) is 40.3. The number of ether oxygens (including phenoxy) is 2. The maximum absolute atomic E-state index is 10.8. The molecule has 0 aliphatic heterocycles. The van der Waals surface area contributed by atoms with Crippen LogP contribution in [0.2, 0.25) is 0 Å². The van der Waals surface area contributed by atoms with Gasteiger partial charge in [-0.2, -0.15) is 0 Å². The molecule has 0 heterocycles. The zero-order chi connectivity index (χ0) is 40.3. The molecule has 8 heteroatoms. The van der Waals surface area contributed by atoms with Crippen molar-refractivity contribution in [3.05, 3.63) is 0 Å². The maximum atomic E-state index is 10.8. The first-order valence-corrected chi connectivity index (χ1v) is 24.7. The summed E-state index contributed by atoms with van der Waals surface area (Å²) in [5, 5.41) is 28.0. The number of hydrogen-bond donors (Lipinski definition) is 4. The molecule has 0 radical (unpaired) electrons. The minimum absolute atomic E-state index is 0.221. The lowest BCUT2D eigenvalue weighted by atomic mass is 10.0. The second-order valence-corrected chi connectivity index (χ2v) is 17.0. The average Bonchev–Trinajstić information content (AvgIpc) is 3.18. The van der Waals surface area contributed by atoms with Crippen LogP contribution in [0, 0.1) is 0 Å². The molecule has 0 aromatic carbocycles. The molecule has 330 valence electrons. The van der Waals surface area contributed by atoms with Crippen molar-refractivity contribution in [2.75, 3.05) is 39.8 Å². The van der Waals surface area contributed by atoms with Crippen molar-refractivity contribution in [2.45, 2.75) is 258 Å². The second-order valence-electron chi connectivity index (χ2n) is 16.6. The van der Waals surface area contributed by atoms with Crippen LogP contribution in [0.4, 0.5) is 0 Å². The van der Waals surface area contributed by atoms with Crippen LogP contribution in [0.25, 0.3) is 0 Å². The van der Waals surface area contributed by atoms with E-state index < -0.39 is 12.6 Å². The van der Waals surface area contributed by atoms with E-state index in [2.05, 4.69) is 36.3 Å². The highest BCUT2D eigenvalue weighted by molar-refractivity contribution is 7.80. The Morgan fingerprint density at radius 3 is 1.35 bits per heavy atom. The van der Waals surface area contributed by atoms with Gasteiger partial charge in [-0.1, -0.05) is 175 Å². The Morgan fingerprint density at radius 2 is 0.873 bits per heavy atom. The summed E-state index contributed by atoms with van der Waals surface area (Å²) in [5.41, 5.74) is 0. The summed E-state index contributed by atoms with van der Waals surface area (Å²) in [5.74, 6) is 0. The predicted octanol–water partition coefficient (Wildman–Crippen LogP) is 12.7. The van der Waals surface area contributed by atoms with Gasteiger partial charge in [0.1, 0.15) is 0 Å². The Kier molecular flexibility index (Phi) is 44.2. The van der Waals surface area contributed by atoms with Crippen molar-refractivity contribution in [3.8, 4) is 0 Å². The molecule has 0 aliphatic carbocycles. The number of unbranched alkanes of at least 4 members (excludes halogenated alkanes) is 24. The lowest BCUT2D eigenvalue weighted by Gasteiger charge is -2.23. The third kappa shape index (κ3) is 41.5. The summed E-state index contributed by atoms with van der Waals surface area (Å²) in [6, 6.07) is 0. The molecular weight excluding hydrogens is 703 g/mol. The number of hydrogen-bond acceptors (Lipinski definition) is 6. The lowest BCUT2D eigenvalue weighted by Crippen LogP contribution is -2.35. The molecule has 55 heavy (non-hydrogen) atoms. The fourth-order valence-electron chi connectivity index (χ4n) is 7.53. The monoisotopic (exact) mass is 800 g/mol. The Labute approximate surface area is 349 Å². The van der Waals surface area contributed by atoms with Gasteiger partial charge in [0.2, 0.25) is 0 Å². The topological polar surface area (TPSA) is 86.2 Å². The molecule has 7 nitrogen and oxygen atoms in total. The van der Waals surface area contributed by atoms with Gasteiger partial charge in [0, 0.05) is 20.2 Å². The first-order valence-electron chi connectivity index (χ1n) is 24.3. The highest BCUT2D eigenvalue weighted by Gasteiger charge is 2.15. The van der Waals surface area contributed by atoms with Crippen LogP contribution in [-0.4, -0.2) is 78.7 Å². The van der Waals surface area contributed by atoms with Gasteiger partial charge >= 0.3 is 0 Å². The van der Waals surface area contributed by atoms with Crippen molar-refractivity contribution >= 4 is 17.3 Å². The van der Waals surface area contributed by atoms with Crippen LogP contribution in [0.3, 0.4) is 0 Å². The summed E-state index contributed by atoms with van der Waals surface area (Å²) >= 11 is 5.26. The van der Waals surface area contributed by atoms with Crippen LogP contribution < -0.4 is 10.6 Å². The smallest absolute Gasteiger partial charge is 0.166 e. The van der Waals surface area contributed by atoms with Gasteiger partial charge in [0.05, 0.1) is 6.10 Å². The highest BCUT2D eigenvalue weighted by atomic mass is 32.1. The third-order valence-electron chi connectivity index (χ3n) is 11.2. The van der Waals surface area contributed by atoms with Crippen LogP contribution in [0.1, 0.15) is 239 Å². The second kappa shape index (κ2) is 44.6. The molecule has 0 aromatic rings. The molecule has 2 unspecified atom stereocenters. The molecule has 4 N–H and O–H groups in total. The number of thiocarbonyl (C=S) groups is 1. The van der Waals surface area contributed by atoms with Crippen LogP contribution in [-0.2, 0) is 9.47 Å². The van der Waals surface area contributed by atoms with Crippen molar-refractivity contribution in [3.63, 3.8) is 0 Å². The van der Waals surface area contributed by atoms with Gasteiger partial charge in [-0.15, -0.1) is 0 Å². The van der Waals surface area contributed by atoms with Crippen molar-refractivity contribution in [2.24, 2.45) is 0 Å². The van der Waals surface area contributed by atoms with Crippen LogP contribution in [0.5, 0.6) is 0 Å².